The lowest BCUT2D eigenvalue weighted by atomic mass is 10.0. The molecule has 1 aromatic carbocycles. The van der Waals surface area contributed by atoms with Gasteiger partial charge in [0, 0.05) is 6.20 Å². The van der Waals surface area contributed by atoms with E-state index in [4.69, 9.17) is 0 Å². The quantitative estimate of drug-likeness (QED) is 0.408. The zero-order valence-corrected chi connectivity index (χ0v) is 10.6. The number of benzene rings is 1. The van der Waals surface area contributed by atoms with Crippen LogP contribution in [-0.4, -0.2) is 22.9 Å². The minimum Gasteiger partial charge on any atom is -0.426 e. The predicted molar refractivity (Wildman–Crippen MR) is 66.7 cm³/mol. The molecule has 1 atom stereocenters. The van der Waals surface area contributed by atoms with Gasteiger partial charge in [0.25, 0.3) is 0 Å². The fourth-order valence-corrected chi connectivity index (χ4v) is 1.69. The molecule has 21 heavy (non-hydrogen) atoms. The monoisotopic (exact) mass is 297 g/mol. The maximum absolute atomic E-state index is 13.0. The Morgan fingerprint density at radius 1 is 1.05 bits per heavy atom. The predicted octanol–water partition coefficient (Wildman–Crippen LogP) is 2.98. The van der Waals surface area contributed by atoms with E-state index in [0.29, 0.717) is 0 Å². The van der Waals surface area contributed by atoms with Gasteiger partial charge < -0.3 is 9.72 Å². The number of H-pyrrole nitrogens is 1. The van der Waals surface area contributed by atoms with E-state index in [0.717, 1.165) is 6.07 Å². The number of carbonyl (C=O) groups excluding carboxylic acids is 2. The first-order valence-electron chi connectivity index (χ1n) is 5.90. The largest absolute Gasteiger partial charge is 0.426 e. The molecular weight excluding hydrogens is 287 g/mol. The average molecular weight is 297 g/mol. The number of carbonyl (C=O) groups is 2. The smallest absolute Gasteiger partial charge is 0.409 e. The van der Waals surface area contributed by atoms with Crippen LogP contribution in [0.1, 0.15) is 10.5 Å². The number of ether oxygens (including phenoxy) is 1. The average Bonchev–Trinajstić information content (AvgIpc) is 2.92. The summed E-state index contributed by atoms with van der Waals surface area (Å²) in [5.41, 5.74) is -0.303. The first-order chi connectivity index (χ1) is 9.89. The summed E-state index contributed by atoms with van der Waals surface area (Å²) in [5.74, 6) is -5.96. The minimum atomic E-state index is -5.03. The van der Waals surface area contributed by atoms with Crippen molar-refractivity contribution < 1.29 is 27.5 Å². The molecule has 0 bridgehead atoms. The van der Waals surface area contributed by atoms with E-state index in [-0.39, 0.29) is 11.4 Å². The zero-order chi connectivity index (χ0) is 15.5. The molecule has 0 spiro atoms. The second-order valence-electron chi connectivity index (χ2n) is 4.16. The Labute approximate surface area is 117 Å². The molecule has 0 fully saturated rings. The summed E-state index contributed by atoms with van der Waals surface area (Å²) in [6, 6.07) is 9.79. The number of alkyl halides is 3. The number of nitrogens with one attached hydrogen (secondary N) is 1. The Hall–Kier alpha value is -2.57. The van der Waals surface area contributed by atoms with Crippen LogP contribution in [0.3, 0.4) is 0 Å². The molecule has 0 radical (unpaired) electrons. The number of para-hydroxylation sites is 1. The number of hydrogen-bond acceptors (Lipinski definition) is 3. The van der Waals surface area contributed by atoms with Crippen LogP contribution in [0, 0.1) is 5.92 Å². The van der Waals surface area contributed by atoms with Crippen molar-refractivity contribution in [2.45, 2.75) is 6.18 Å². The third-order valence-corrected chi connectivity index (χ3v) is 2.65. The number of ketones is 1. The molecule has 0 saturated carbocycles. The van der Waals surface area contributed by atoms with E-state index >= 15 is 0 Å². The number of Topliss-reactive ketones (excluding diaryl/α,β-unsaturated/α-hetero) is 1. The third kappa shape index (κ3) is 3.50. The summed E-state index contributed by atoms with van der Waals surface area (Å²) in [6.45, 7) is 0. The molecule has 0 aliphatic heterocycles. The lowest BCUT2D eigenvalue weighted by Crippen LogP contribution is -2.40. The van der Waals surface area contributed by atoms with Gasteiger partial charge in [-0.2, -0.15) is 13.2 Å². The van der Waals surface area contributed by atoms with Crippen LogP contribution in [0.15, 0.2) is 48.7 Å². The van der Waals surface area contributed by atoms with E-state index < -0.39 is 23.8 Å². The summed E-state index contributed by atoms with van der Waals surface area (Å²) < 4.78 is 43.6. The second-order valence-corrected chi connectivity index (χ2v) is 4.16. The maximum Gasteiger partial charge on any atom is 0.409 e. The van der Waals surface area contributed by atoms with Crippen LogP contribution in [0.2, 0.25) is 0 Å². The number of rotatable bonds is 4. The molecule has 4 nitrogen and oxygen atoms in total. The summed E-state index contributed by atoms with van der Waals surface area (Å²) in [7, 11) is 0. The number of hydrogen-bond donors (Lipinski definition) is 1. The zero-order valence-electron chi connectivity index (χ0n) is 10.6. The number of aromatic nitrogens is 1. The molecule has 0 amide bonds. The Kier molecular flexibility index (Phi) is 4.11. The first kappa shape index (κ1) is 14.8. The van der Waals surface area contributed by atoms with E-state index in [1.807, 2.05) is 0 Å². The Balaban J connectivity index is 2.25. The van der Waals surface area contributed by atoms with Crippen molar-refractivity contribution in [3.8, 4) is 5.75 Å². The fourth-order valence-electron chi connectivity index (χ4n) is 1.69. The highest BCUT2D eigenvalue weighted by Gasteiger charge is 2.51. The molecule has 110 valence electrons. The Bertz CT molecular complexity index is 621. The Morgan fingerprint density at radius 3 is 2.24 bits per heavy atom. The number of halogens is 3. The fraction of sp³-hybridized carbons (Fsp3) is 0.143. The summed E-state index contributed by atoms with van der Waals surface area (Å²) >= 11 is 0. The minimum absolute atomic E-state index is 0.0592. The topological polar surface area (TPSA) is 59.2 Å². The SMILES string of the molecule is O=C(Oc1ccccc1)C(C(=O)c1ccc[nH]1)C(F)(F)F. The Morgan fingerprint density at radius 2 is 1.71 bits per heavy atom. The maximum atomic E-state index is 13.0. The van der Waals surface area contributed by atoms with Gasteiger partial charge in [0.2, 0.25) is 11.7 Å². The van der Waals surface area contributed by atoms with E-state index in [1.54, 1.807) is 6.07 Å². The van der Waals surface area contributed by atoms with Crippen LogP contribution in [0.25, 0.3) is 0 Å². The van der Waals surface area contributed by atoms with Crippen LogP contribution in [-0.2, 0) is 4.79 Å². The summed E-state index contributed by atoms with van der Waals surface area (Å²) in [6.07, 6.45) is -3.74. The third-order valence-electron chi connectivity index (χ3n) is 2.65. The lowest BCUT2D eigenvalue weighted by molar-refractivity contribution is -0.181. The molecule has 2 rings (SSSR count). The molecule has 1 N–H and O–H groups in total. The molecular formula is C14H10F3NO3. The second kappa shape index (κ2) is 5.82. The van der Waals surface area contributed by atoms with Crippen molar-refractivity contribution in [2.75, 3.05) is 0 Å². The highest BCUT2D eigenvalue weighted by atomic mass is 19.4. The van der Waals surface area contributed by atoms with Gasteiger partial charge in [0.1, 0.15) is 5.75 Å². The van der Waals surface area contributed by atoms with Gasteiger partial charge in [-0.1, -0.05) is 18.2 Å². The van der Waals surface area contributed by atoms with Crippen LogP contribution >= 0.6 is 0 Å². The molecule has 1 heterocycles. The van der Waals surface area contributed by atoms with Crippen LogP contribution in [0.4, 0.5) is 13.2 Å². The molecule has 0 aliphatic carbocycles. The van der Waals surface area contributed by atoms with Crippen molar-refractivity contribution in [2.24, 2.45) is 5.92 Å². The van der Waals surface area contributed by atoms with Gasteiger partial charge in [-0.05, 0) is 24.3 Å². The van der Waals surface area contributed by atoms with Crippen molar-refractivity contribution in [1.82, 2.24) is 4.98 Å². The van der Waals surface area contributed by atoms with E-state index in [9.17, 15) is 22.8 Å². The van der Waals surface area contributed by atoms with Gasteiger partial charge in [-0.15, -0.1) is 0 Å². The highest BCUT2D eigenvalue weighted by molar-refractivity contribution is 6.08. The molecule has 0 aliphatic rings. The van der Waals surface area contributed by atoms with Crippen molar-refractivity contribution in [3.05, 3.63) is 54.4 Å². The van der Waals surface area contributed by atoms with Crippen LogP contribution < -0.4 is 4.74 Å². The first-order valence-corrected chi connectivity index (χ1v) is 5.90. The van der Waals surface area contributed by atoms with Gasteiger partial charge in [-0.25, -0.2) is 0 Å². The van der Waals surface area contributed by atoms with Gasteiger partial charge >= 0.3 is 12.1 Å². The normalized spacial score (nSPS) is 12.7. The summed E-state index contributed by atoms with van der Waals surface area (Å²) in [4.78, 5) is 25.9. The van der Waals surface area contributed by atoms with Gasteiger partial charge in [0.05, 0.1) is 5.69 Å². The molecule has 1 unspecified atom stereocenters. The number of esters is 1. The van der Waals surface area contributed by atoms with Crippen LogP contribution in [0.5, 0.6) is 5.75 Å². The molecule has 2 aromatic rings. The van der Waals surface area contributed by atoms with Crippen molar-refractivity contribution in [1.29, 1.82) is 0 Å². The lowest BCUT2D eigenvalue weighted by Gasteiger charge is -2.17. The van der Waals surface area contributed by atoms with E-state index in [2.05, 4.69) is 9.72 Å². The number of aromatic amines is 1. The van der Waals surface area contributed by atoms with Gasteiger partial charge in [0.15, 0.2) is 0 Å². The van der Waals surface area contributed by atoms with E-state index in [1.165, 1.54) is 36.5 Å². The van der Waals surface area contributed by atoms with Crippen molar-refractivity contribution >= 4 is 11.8 Å². The summed E-state index contributed by atoms with van der Waals surface area (Å²) in [5, 5.41) is 0. The van der Waals surface area contributed by atoms with Crippen molar-refractivity contribution in [3.63, 3.8) is 0 Å². The molecule has 0 saturated heterocycles. The standard InChI is InChI=1S/C14H10F3NO3/c15-14(16,17)11(12(19)10-7-4-8-18-10)13(20)21-9-5-2-1-3-6-9/h1-8,11,18H. The molecule has 7 heteroatoms. The molecule has 1 aromatic heterocycles. The van der Waals surface area contributed by atoms with Gasteiger partial charge in [-0.3, -0.25) is 9.59 Å². The highest BCUT2D eigenvalue weighted by Crippen LogP contribution is 2.30.